The lowest BCUT2D eigenvalue weighted by Gasteiger charge is -2.18. The zero-order valence-corrected chi connectivity index (χ0v) is 27.2. The van der Waals surface area contributed by atoms with Crippen molar-refractivity contribution in [3.63, 3.8) is 0 Å². The van der Waals surface area contributed by atoms with Crippen LogP contribution in [0.5, 0.6) is 23.3 Å². The molecule has 6 aromatic rings. The first-order valence-electron chi connectivity index (χ1n) is 14.7. The molecular formula is C37H40N4O4. The van der Waals surface area contributed by atoms with E-state index < -0.39 is 0 Å². The first kappa shape index (κ1) is 32.5. The normalized spacial score (nSPS) is 10.2. The number of pyridine rings is 3. The van der Waals surface area contributed by atoms with E-state index in [1.807, 2.05) is 94.7 Å². The number of fused-ring (bicyclic) bond motifs is 2. The molecule has 0 bridgehead atoms. The van der Waals surface area contributed by atoms with Crippen molar-refractivity contribution in [3.8, 4) is 45.8 Å². The first-order chi connectivity index (χ1) is 21.9. The van der Waals surface area contributed by atoms with Crippen molar-refractivity contribution in [3.05, 3.63) is 97.3 Å². The summed E-state index contributed by atoms with van der Waals surface area (Å²) in [6.07, 6.45) is 3.53. The lowest BCUT2D eigenvalue weighted by Crippen LogP contribution is -2.10. The maximum absolute atomic E-state index is 5.50. The third-order valence-electron chi connectivity index (χ3n) is 7.01. The van der Waals surface area contributed by atoms with Crippen LogP contribution in [-0.2, 0) is 0 Å². The maximum Gasteiger partial charge on any atom is 0.221 e. The van der Waals surface area contributed by atoms with Crippen LogP contribution in [-0.4, -0.2) is 57.5 Å². The lowest BCUT2D eigenvalue weighted by atomic mass is 10.0. The molecule has 45 heavy (non-hydrogen) atoms. The van der Waals surface area contributed by atoms with Gasteiger partial charge in [-0.3, -0.25) is 4.98 Å². The Labute approximate surface area is 265 Å². The third kappa shape index (κ3) is 7.41. The predicted molar refractivity (Wildman–Crippen MR) is 184 cm³/mol. The smallest absolute Gasteiger partial charge is 0.221 e. The minimum Gasteiger partial charge on any atom is -0.497 e. The van der Waals surface area contributed by atoms with Crippen LogP contribution in [0.4, 0.5) is 5.69 Å². The summed E-state index contributed by atoms with van der Waals surface area (Å²) in [5.41, 5.74) is 4.85. The third-order valence-corrected chi connectivity index (χ3v) is 7.01. The molecule has 3 heterocycles. The topological polar surface area (TPSA) is 78.8 Å². The van der Waals surface area contributed by atoms with E-state index in [1.54, 1.807) is 40.8 Å². The van der Waals surface area contributed by atoms with Gasteiger partial charge in [-0.05, 0) is 77.5 Å². The van der Waals surface area contributed by atoms with E-state index in [1.165, 1.54) is 0 Å². The highest BCUT2D eigenvalue weighted by atomic mass is 16.5. The number of aromatic nitrogens is 3. The monoisotopic (exact) mass is 604 g/mol. The Morgan fingerprint density at radius 1 is 0.578 bits per heavy atom. The summed E-state index contributed by atoms with van der Waals surface area (Å²) in [6.45, 7) is 4.00. The van der Waals surface area contributed by atoms with Gasteiger partial charge in [-0.1, -0.05) is 32.0 Å². The van der Waals surface area contributed by atoms with Crippen molar-refractivity contribution in [2.45, 2.75) is 13.8 Å². The second-order valence-corrected chi connectivity index (χ2v) is 9.86. The number of hydrogen-bond donors (Lipinski definition) is 0. The molecule has 6 rings (SSSR count). The minimum absolute atomic E-state index is 0.601. The molecule has 0 fully saturated rings. The molecule has 0 amide bonds. The number of ether oxygens (including phenoxy) is 4. The van der Waals surface area contributed by atoms with Gasteiger partial charge in [0, 0.05) is 54.1 Å². The van der Waals surface area contributed by atoms with Gasteiger partial charge < -0.3 is 23.8 Å². The van der Waals surface area contributed by atoms with Crippen molar-refractivity contribution in [1.29, 1.82) is 0 Å². The van der Waals surface area contributed by atoms with Crippen LogP contribution >= 0.6 is 0 Å². The molecule has 0 radical (unpaired) electrons. The van der Waals surface area contributed by atoms with Gasteiger partial charge in [0.2, 0.25) is 11.8 Å². The fourth-order valence-electron chi connectivity index (χ4n) is 4.85. The van der Waals surface area contributed by atoms with Gasteiger partial charge in [0.1, 0.15) is 11.5 Å². The molecular weight excluding hydrogens is 564 g/mol. The Morgan fingerprint density at radius 2 is 1.13 bits per heavy atom. The van der Waals surface area contributed by atoms with Crippen LogP contribution in [0, 0.1) is 0 Å². The van der Waals surface area contributed by atoms with Gasteiger partial charge in [-0.25, -0.2) is 9.97 Å². The summed E-state index contributed by atoms with van der Waals surface area (Å²) in [5, 5.41) is 4.00. The van der Waals surface area contributed by atoms with Crippen LogP contribution in [0.15, 0.2) is 97.3 Å². The molecule has 0 spiro atoms. The molecule has 0 saturated heterocycles. The molecule has 8 nitrogen and oxygen atoms in total. The molecule has 0 atom stereocenters. The minimum atomic E-state index is 0.601. The molecule has 0 aliphatic carbocycles. The Bertz CT molecular complexity index is 1860. The van der Waals surface area contributed by atoms with Gasteiger partial charge >= 0.3 is 0 Å². The summed E-state index contributed by atoms with van der Waals surface area (Å²) >= 11 is 0. The van der Waals surface area contributed by atoms with Gasteiger partial charge in [-0.15, -0.1) is 0 Å². The molecule has 0 unspecified atom stereocenters. The van der Waals surface area contributed by atoms with E-state index in [0.29, 0.717) is 11.8 Å². The average molecular weight is 605 g/mol. The van der Waals surface area contributed by atoms with Crippen molar-refractivity contribution in [1.82, 2.24) is 15.0 Å². The SMILES string of the molecule is CC.COc1ccc2c(OC)nc(-c3ccccc3N(C)C)cc2c1.COc1ccc2c(OC)nc(-c3cccnc3)cc2c1. The van der Waals surface area contributed by atoms with Crippen LogP contribution in [0.1, 0.15) is 13.8 Å². The standard InChI is InChI=1S/C19H20N2O2.C16H14N2O2.C2H6/c1-21(2)18-8-6-5-7-16(18)17-12-13-11-14(22-3)9-10-15(13)19(20-17)23-4;1-19-13-5-6-14-12(8-13)9-15(18-16(14)20-2)11-4-3-7-17-10-11;1-2/h5-12H,1-4H3;3-10H,1-2H3;1-2H3. The highest BCUT2D eigenvalue weighted by Gasteiger charge is 2.13. The van der Waals surface area contributed by atoms with E-state index in [-0.39, 0.29) is 0 Å². The largest absolute Gasteiger partial charge is 0.497 e. The molecule has 232 valence electrons. The number of nitrogens with zero attached hydrogens (tertiary/aromatic N) is 4. The number of para-hydroxylation sites is 1. The van der Waals surface area contributed by atoms with Gasteiger partial charge in [0.05, 0.1) is 39.8 Å². The number of rotatable bonds is 7. The number of anilines is 1. The summed E-state index contributed by atoms with van der Waals surface area (Å²) < 4.78 is 21.5. The average Bonchev–Trinajstić information content (AvgIpc) is 3.11. The summed E-state index contributed by atoms with van der Waals surface area (Å²) in [7, 11) is 10.6. The summed E-state index contributed by atoms with van der Waals surface area (Å²) in [4.78, 5) is 15.4. The Hall–Kier alpha value is -5.37. The van der Waals surface area contributed by atoms with E-state index in [9.17, 15) is 0 Å². The lowest BCUT2D eigenvalue weighted by molar-refractivity contribution is 0.403. The van der Waals surface area contributed by atoms with Crippen LogP contribution in [0.25, 0.3) is 44.1 Å². The molecule has 0 aliphatic rings. The maximum atomic E-state index is 5.50. The summed E-state index contributed by atoms with van der Waals surface area (Å²) in [6, 6.07) is 27.9. The van der Waals surface area contributed by atoms with Crippen molar-refractivity contribution in [2.75, 3.05) is 47.4 Å². The number of hydrogen-bond acceptors (Lipinski definition) is 8. The summed E-state index contributed by atoms with van der Waals surface area (Å²) in [5.74, 6) is 2.85. The van der Waals surface area contributed by atoms with Crippen molar-refractivity contribution in [2.24, 2.45) is 0 Å². The van der Waals surface area contributed by atoms with Crippen molar-refractivity contribution < 1.29 is 18.9 Å². The Balaban J connectivity index is 0.000000196. The number of benzene rings is 3. The molecule has 3 aromatic heterocycles. The van der Waals surface area contributed by atoms with Crippen LogP contribution < -0.4 is 23.8 Å². The van der Waals surface area contributed by atoms with Gasteiger partial charge in [0.25, 0.3) is 0 Å². The Kier molecular flexibility index (Phi) is 11.1. The zero-order chi connectivity index (χ0) is 32.3. The molecule has 0 N–H and O–H groups in total. The van der Waals surface area contributed by atoms with E-state index >= 15 is 0 Å². The predicted octanol–water partition coefficient (Wildman–Crippen LogP) is 8.33. The molecule has 8 heteroatoms. The van der Waals surface area contributed by atoms with E-state index in [2.05, 4.69) is 33.1 Å². The molecule has 0 aliphatic heterocycles. The van der Waals surface area contributed by atoms with Crippen LogP contribution in [0.2, 0.25) is 0 Å². The van der Waals surface area contributed by atoms with E-state index in [4.69, 9.17) is 23.9 Å². The highest BCUT2D eigenvalue weighted by molar-refractivity contribution is 5.93. The fraction of sp³-hybridized carbons (Fsp3) is 0.216. The molecule has 0 saturated carbocycles. The second kappa shape index (κ2) is 15.4. The van der Waals surface area contributed by atoms with Gasteiger partial charge in [0.15, 0.2) is 0 Å². The second-order valence-electron chi connectivity index (χ2n) is 9.86. The van der Waals surface area contributed by atoms with Gasteiger partial charge in [-0.2, -0.15) is 0 Å². The number of methoxy groups -OCH3 is 4. The van der Waals surface area contributed by atoms with Crippen LogP contribution in [0.3, 0.4) is 0 Å². The zero-order valence-electron chi connectivity index (χ0n) is 27.2. The first-order valence-corrected chi connectivity index (χ1v) is 14.7. The highest BCUT2D eigenvalue weighted by Crippen LogP contribution is 2.35. The van der Waals surface area contributed by atoms with E-state index in [0.717, 1.165) is 61.2 Å². The molecule has 3 aromatic carbocycles. The van der Waals surface area contributed by atoms with Crippen molar-refractivity contribution >= 4 is 27.2 Å². The quantitative estimate of drug-likeness (QED) is 0.180. The fourth-order valence-corrected chi connectivity index (χ4v) is 4.85. The Morgan fingerprint density at radius 3 is 1.64 bits per heavy atom.